The molecule has 0 fully saturated rings. The van der Waals surface area contributed by atoms with Gasteiger partial charge < -0.3 is 10.6 Å². The zero-order chi connectivity index (χ0) is 25.5. The van der Waals surface area contributed by atoms with Gasteiger partial charge in [-0.3, -0.25) is 9.59 Å². The number of thiazole rings is 1. The van der Waals surface area contributed by atoms with Crippen molar-refractivity contribution >= 4 is 62.6 Å². The van der Waals surface area contributed by atoms with Crippen molar-refractivity contribution in [2.45, 2.75) is 10.1 Å². The minimum absolute atomic E-state index is 0.130. The molecule has 0 spiro atoms. The summed E-state index contributed by atoms with van der Waals surface area (Å²) < 4.78 is 1.97. The van der Waals surface area contributed by atoms with Crippen LogP contribution in [-0.4, -0.2) is 16.8 Å². The number of fused-ring (bicyclic) bond motifs is 1. The van der Waals surface area contributed by atoms with Gasteiger partial charge in [-0.15, -0.1) is 11.3 Å². The first-order chi connectivity index (χ1) is 18.1. The summed E-state index contributed by atoms with van der Waals surface area (Å²) >= 11 is 3.25. The second-order valence-corrected chi connectivity index (χ2v) is 10.5. The molecule has 0 aliphatic heterocycles. The monoisotopic (exact) mass is 521 g/mol. The van der Waals surface area contributed by atoms with Gasteiger partial charge in [0.15, 0.2) is 4.34 Å². The van der Waals surface area contributed by atoms with Gasteiger partial charge in [-0.2, -0.15) is 0 Å². The Kier molecular flexibility index (Phi) is 7.74. The van der Waals surface area contributed by atoms with Gasteiger partial charge in [0.2, 0.25) is 5.91 Å². The lowest BCUT2D eigenvalue weighted by Crippen LogP contribution is -2.11. The second kappa shape index (κ2) is 11.7. The molecule has 5 nitrogen and oxygen atoms in total. The standard InChI is InChI=1S/C30H23N3O2S2/c34-28(18-13-21-7-3-1-4-8-21)31-25-16-17-26-27(19-25)37-30(33-26)36-20-22-11-14-23(15-12-22)29(35)32-24-9-5-2-6-10-24/h1-19H,20H2,(H,31,34)(H,32,35). The summed E-state index contributed by atoms with van der Waals surface area (Å²) in [5.41, 5.74) is 5.11. The van der Waals surface area contributed by atoms with E-state index in [1.807, 2.05) is 103 Å². The van der Waals surface area contributed by atoms with Gasteiger partial charge in [0.05, 0.1) is 10.2 Å². The maximum absolute atomic E-state index is 12.4. The number of aromatic nitrogens is 1. The summed E-state index contributed by atoms with van der Waals surface area (Å²) in [6, 6.07) is 32.5. The number of nitrogens with one attached hydrogen (secondary N) is 2. The Hall–Kier alpha value is -4.20. The van der Waals surface area contributed by atoms with Gasteiger partial charge in [0.25, 0.3) is 5.91 Å². The molecular weight excluding hydrogens is 498 g/mol. The van der Waals surface area contributed by atoms with Crippen LogP contribution < -0.4 is 10.6 Å². The van der Waals surface area contributed by atoms with Crippen molar-refractivity contribution in [3.63, 3.8) is 0 Å². The van der Waals surface area contributed by atoms with Crippen molar-refractivity contribution in [2.24, 2.45) is 0 Å². The number of anilines is 2. The minimum atomic E-state index is -0.178. The molecule has 4 aromatic carbocycles. The van der Waals surface area contributed by atoms with E-state index in [9.17, 15) is 9.59 Å². The highest BCUT2D eigenvalue weighted by atomic mass is 32.2. The Morgan fingerprint density at radius 3 is 2.30 bits per heavy atom. The number of hydrogen-bond donors (Lipinski definition) is 2. The van der Waals surface area contributed by atoms with E-state index in [-0.39, 0.29) is 11.8 Å². The molecule has 2 amide bonds. The normalized spacial score (nSPS) is 11.0. The molecule has 0 saturated carbocycles. The number of rotatable bonds is 8. The summed E-state index contributed by atoms with van der Waals surface area (Å²) in [7, 11) is 0. The van der Waals surface area contributed by atoms with Crippen molar-refractivity contribution in [3.05, 3.63) is 126 Å². The topological polar surface area (TPSA) is 71.1 Å². The number of nitrogens with zero attached hydrogens (tertiary/aromatic N) is 1. The summed E-state index contributed by atoms with van der Waals surface area (Å²) in [6.07, 6.45) is 3.32. The van der Waals surface area contributed by atoms with Gasteiger partial charge in [-0.1, -0.05) is 72.4 Å². The largest absolute Gasteiger partial charge is 0.322 e. The van der Waals surface area contributed by atoms with Crippen LogP contribution in [0.1, 0.15) is 21.5 Å². The molecule has 0 radical (unpaired) electrons. The van der Waals surface area contributed by atoms with E-state index in [0.29, 0.717) is 5.56 Å². The number of carbonyl (C=O) groups excluding carboxylic acids is 2. The maximum atomic E-state index is 12.4. The van der Waals surface area contributed by atoms with Gasteiger partial charge in [0.1, 0.15) is 0 Å². The third kappa shape index (κ3) is 6.73. The summed E-state index contributed by atoms with van der Waals surface area (Å²) in [6.45, 7) is 0. The first kappa shape index (κ1) is 24.5. The average molecular weight is 522 g/mol. The first-order valence-corrected chi connectivity index (χ1v) is 13.5. The van der Waals surface area contributed by atoms with Crippen LogP contribution in [0.15, 0.2) is 114 Å². The van der Waals surface area contributed by atoms with Crippen molar-refractivity contribution in [3.8, 4) is 0 Å². The van der Waals surface area contributed by atoms with Gasteiger partial charge in [0, 0.05) is 28.8 Å². The number of amides is 2. The molecule has 1 heterocycles. The lowest BCUT2D eigenvalue weighted by Gasteiger charge is -2.06. The van der Waals surface area contributed by atoms with Crippen LogP contribution in [0.5, 0.6) is 0 Å². The summed E-state index contributed by atoms with van der Waals surface area (Å²) in [5.74, 6) is 0.437. The number of para-hydroxylation sites is 1. The molecule has 0 saturated heterocycles. The van der Waals surface area contributed by atoms with E-state index < -0.39 is 0 Å². The SMILES string of the molecule is O=C(C=Cc1ccccc1)Nc1ccc2nc(SCc3ccc(C(=O)Nc4ccccc4)cc3)sc2c1. The zero-order valence-electron chi connectivity index (χ0n) is 19.8. The molecule has 0 unspecified atom stereocenters. The smallest absolute Gasteiger partial charge is 0.255 e. The Morgan fingerprint density at radius 2 is 1.54 bits per heavy atom. The number of benzene rings is 4. The van der Waals surface area contributed by atoms with Crippen LogP contribution in [-0.2, 0) is 10.5 Å². The van der Waals surface area contributed by atoms with Crippen LogP contribution >= 0.6 is 23.1 Å². The van der Waals surface area contributed by atoms with E-state index in [1.54, 1.807) is 29.2 Å². The van der Waals surface area contributed by atoms with Gasteiger partial charge in [-0.25, -0.2) is 4.98 Å². The van der Waals surface area contributed by atoms with E-state index >= 15 is 0 Å². The predicted octanol–water partition coefficient (Wildman–Crippen LogP) is 7.49. The second-order valence-electron chi connectivity index (χ2n) is 8.20. The third-order valence-electron chi connectivity index (χ3n) is 5.47. The molecular formula is C30H23N3O2S2. The number of carbonyl (C=O) groups is 2. The van der Waals surface area contributed by atoms with E-state index in [4.69, 9.17) is 4.98 Å². The fourth-order valence-corrected chi connectivity index (χ4v) is 5.65. The molecule has 2 N–H and O–H groups in total. The van der Waals surface area contributed by atoms with Crippen molar-refractivity contribution < 1.29 is 9.59 Å². The van der Waals surface area contributed by atoms with E-state index in [2.05, 4.69) is 10.6 Å². The number of hydrogen-bond acceptors (Lipinski definition) is 5. The third-order valence-corrected chi connectivity index (χ3v) is 7.71. The minimum Gasteiger partial charge on any atom is -0.322 e. The molecule has 0 bridgehead atoms. The quantitative estimate of drug-likeness (QED) is 0.164. The van der Waals surface area contributed by atoms with Crippen molar-refractivity contribution in [1.29, 1.82) is 0 Å². The lowest BCUT2D eigenvalue weighted by atomic mass is 10.1. The molecule has 37 heavy (non-hydrogen) atoms. The van der Waals surface area contributed by atoms with Crippen LogP contribution in [0.25, 0.3) is 16.3 Å². The zero-order valence-corrected chi connectivity index (χ0v) is 21.4. The van der Waals surface area contributed by atoms with E-state index in [0.717, 1.165) is 42.8 Å². The van der Waals surface area contributed by atoms with E-state index in [1.165, 1.54) is 6.08 Å². The van der Waals surface area contributed by atoms with Gasteiger partial charge >= 0.3 is 0 Å². The molecule has 0 atom stereocenters. The van der Waals surface area contributed by atoms with Gasteiger partial charge in [-0.05, 0) is 59.7 Å². The molecule has 182 valence electrons. The molecule has 1 aromatic heterocycles. The lowest BCUT2D eigenvalue weighted by molar-refractivity contribution is -0.111. The molecule has 0 aliphatic rings. The highest BCUT2D eigenvalue weighted by Crippen LogP contribution is 2.33. The Labute approximate surface area is 223 Å². The predicted molar refractivity (Wildman–Crippen MR) is 154 cm³/mol. The van der Waals surface area contributed by atoms with Crippen LogP contribution in [0, 0.1) is 0 Å². The Morgan fingerprint density at radius 1 is 0.811 bits per heavy atom. The fourth-order valence-electron chi connectivity index (χ4n) is 3.59. The Balaban J connectivity index is 1.17. The summed E-state index contributed by atoms with van der Waals surface area (Å²) in [5, 5.41) is 5.81. The van der Waals surface area contributed by atoms with Crippen LogP contribution in [0.2, 0.25) is 0 Å². The highest BCUT2D eigenvalue weighted by molar-refractivity contribution is 8.00. The molecule has 0 aliphatic carbocycles. The van der Waals surface area contributed by atoms with Crippen LogP contribution in [0.4, 0.5) is 11.4 Å². The van der Waals surface area contributed by atoms with Crippen molar-refractivity contribution in [1.82, 2.24) is 4.98 Å². The Bertz CT molecular complexity index is 1550. The maximum Gasteiger partial charge on any atom is 0.255 e. The highest BCUT2D eigenvalue weighted by Gasteiger charge is 2.09. The molecule has 5 aromatic rings. The van der Waals surface area contributed by atoms with Crippen LogP contribution in [0.3, 0.4) is 0 Å². The first-order valence-electron chi connectivity index (χ1n) is 11.7. The fraction of sp³-hybridized carbons (Fsp3) is 0.0333. The summed E-state index contributed by atoms with van der Waals surface area (Å²) in [4.78, 5) is 29.5. The van der Waals surface area contributed by atoms with Crippen molar-refractivity contribution in [2.75, 3.05) is 10.6 Å². The average Bonchev–Trinajstić information content (AvgIpc) is 3.34. The molecule has 7 heteroatoms. The molecule has 5 rings (SSSR count). The number of thioether (sulfide) groups is 1.